The summed E-state index contributed by atoms with van der Waals surface area (Å²) in [6, 6.07) is 6.65. The molecule has 1 fully saturated rings. The van der Waals surface area contributed by atoms with Gasteiger partial charge in [0.2, 0.25) is 0 Å². The Morgan fingerprint density at radius 2 is 1.91 bits per heavy atom. The molecule has 0 unspecified atom stereocenters. The van der Waals surface area contributed by atoms with Crippen molar-refractivity contribution in [2.75, 3.05) is 38.2 Å². The summed E-state index contributed by atoms with van der Waals surface area (Å²) in [4.78, 5) is 8.25. The maximum absolute atomic E-state index is 15.0. The van der Waals surface area contributed by atoms with Crippen molar-refractivity contribution < 1.29 is 27.2 Å². The van der Waals surface area contributed by atoms with Crippen LogP contribution in [-0.4, -0.2) is 59.2 Å². The monoisotopic (exact) mass is 480 g/mol. The Hall–Kier alpha value is -2.89. The SMILES string of the molecule is C.CO[C@@H]1COC[C@@H]1Oc1cc(F)ccc1Nc1ncnc2cc(N=S(C)(C)=O)cc(F)c12. The summed E-state index contributed by atoms with van der Waals surface area (Å²) in [6.45, 7) is 0.667. The van der Waals surface area contributed by atoms with Gasteiger partial charge in [0.25, 0.3) is 0 Å². The van der Waals surface area contributed by atoms with E-state index in [2.05, 4.69) is 19.6 Å². The smallest absolute Gasteiger partial charge is 0.150 e. The van der Waals surface area contributed by atoms with Crippen LogP contribution in [-0.2, 0) is 19.2 Å². The number of ether oxygens (including phenoxy) is 3. The van der Waals surface area contributed by atoms with Crippen molar-refractivity contribution in [3.63, 3.8) is 0 Å². The van der Waals surface area contributed by atoms with E-state index in [9.17, 15) is 13.0 Å². The molecule has 1 aliphatic rings. The lowest BCUT2D eigenvalue weighted by Crippen LogP contribution is -2.31. The van der Waals surface area contributed by atoms with Crippen LogP contribution in [0.5, 0.6) is 5.75 Å². The molecule has 11 heteroatoms. The van der Waals surface area contributed by atoms with Gasteiger partial charge in [-0.05, 0) is 18.2 Å². The number of hydrogen-bond donors (Lipinski definition) is 1. The standard InChI is InChI=1S/C21H22F2N4O4S.CH4/c1-29-18-9-30-10-19(18)31-17-6-12(22)4-5-15(17)26-21-20-14(23)7-13(27-32(2,3)28)8-16(20)24-11-25-21;/h4-8,11,18-19H,9-10H2,1-3H3,(H,24,25,26);1H4/t18-,19+;/m1./s1. The number of nitrogens with zero attached hydrogens (tertiary/aromatic N) is 3. The van der Waals surface area contributed by atoms with Crippen molar-refractivity contribution in [3.05, 3.63) is 48.3 Å². The minimum atomic E-state index is -2.47. The minimum Gasteiger partial charge on any atom is -0.483 e. The molecule has 1 aliphatic heterocycles. The number of fused-ring (bicyclic) bond motifs is 1. The lowest BCUT2D eigenvalue weighted by atomic mass is 10.2. The summed E-state index contributed by atoms with van der Waals surface area (Å²) < 4.78 is 61.6. The van der Waals surface area contributed by atoms with E-state index in [-0.39, 0.29) is 41.7 Å². The molecule has 0 bridgehead atoms. The van der Waals surface area contributed by atoms with Gasteiger partial charge < -0.3 is 19.5 Å². The lowest BCUT2D eigenvalue weighted by Gasteiger charge is -2.20. The second kappa shape index (κ2) is 9.94. The van der Waals surface area contributed by atoms with Gasteiger partial charge in [0, 0.05) is 41.5 Å². The first-order valence-electron chi connectivity index (χ1n) is 9.68. The zero-order chi connectivity index (χ0) is 22.9. The van der Waals surface area contributed by atoms with E-state index in [1.165, 1.54) is 49.2 Å². The van der Waals surface area contributed by atoms with Gasteiger partial charge in [-0.15, -0.1) is 0 Å². The summed E-state index contributed by atoms with van der Waals surface area (Å²) in [7, 11) is -0.925. The predicted octanol–water partition coefficient (Wildman–Crippen LogP) is 4.44. The highest BCUT2D eigenvalue weighted by Gasteiger charge is 2.31. The number of anilines is 2. The average molecular weight is 481 g/mol. The number of methoxy groups -OCH3 is 1. The van der Waals surface area contributed by atoms with Crippen LogP contribution in [0.15, 0.2) is 41.0 Å². The van der Waals surface area contributed by atoms with Crippen molar-refractivity contribution in [1.82, 2.24) is 9.97 Å². The molecule has 0 spiro atoms. The molecule has 2 heterocycles. The quantitative estimate of drug-likeness (QED) is 0.557. The van der Waals surface area contributed by atoms with Crippen LogP contribution in [0.2, 0.25) is 0 Å². The van der Waals surface area contributed by atoms with Crippen molar-refractivity contribution in [3.8, 4) is 5.75 Å². The second-order valence-corrected chi connectivity index (χ2v) is 10.1. The summed E-state index contributed by atoms with van der Waals surface area (Å²) in [5, 5.41) is 3.12. The zero-order valence-corrected chi connectivity index (χ0v) is 18.5. The van der Waals surface area contributed by atoms with E-state index in [1.54, 1.807) is 7.11 Å². The van der Waals surface area contributed by atoms with Crippen molar-refractivity contribution in [2.24, 2.45) is 4.36 Å². The highest BCUT2D eigenvalue weighted by atomic mass is 32.2. The molecular weight excluding hydrogens is 454 g/mol. The Morgan fingerprint density at radius 3 is 2.64 bits per heavy atom. The molecule has 8 nitrogen and oxygen atoms in total. The van der Waals surface area contributed by atoms with Crippen molar-refractivity contribution in [1.29, 1.82) is 0 Å². The normalized spacial score (nSPS) is 18.1. The van der Waals surface area contributed by atoms with Gasteiger partial charge in [-0.1, -0.05) is 7.43 Å². The van der Waals surface area contributed by atoms with Crippen molar-refractivity contribution in [2.45, 2.75) is 19.6 Å². The first-order valence-corrected chi connectivity index (χ1v) is 12.0. The average Bonchev–Trinajstić information content (AvgIpc) is 3.15. The molecular formula is C22H26F2N4O4S. The Balaban J connectivity index is 0.00000306. The lowest BCUT2D eigenvalue weighted by molar-refractivity contribution is 0.0328. The zero-order valence-electron chi connectivity index (χ0n) is 17.7. The fraction of sp³-hybridized carbons (Fsp3) is 0.364. The first-order chi connectivity index (χ1) is 15.2. The molecule has 1 N–H and O–H groups in total. The molecule has 0 saturated carbocycles. The van der Waals surface area contributed by atoms with Crippen LogP contribution in [0.1, 0.15) is 7.43 Å². The maximum atomic E-state index is 15.0. The van der Waals surface area contributed by atoms with Crippen LogP contribution < -0.4 is 10.1 Å². The molecule has 178 valence electrons. The number of aromatic nitrogens is 2. The van der Waals surface area contributed by atoms with E-state index in [4.69, 9.17) is 14.2 Å². The van der Waals surface area contributed by atoms with Gasteiger partial charge in [0.1, 0.15) is 35.6 Å². The molecule has 33 heavy (non-hydrogen) atoms. The largest absolute Gasteiger partial charge is 0.483 e. The Labute approximate surface area is 191 Å². The number of rotatable bonds is 6. The third-order valence-electron chi connectivity index (χ3n) is 4.76. The predicted molar refractivity (Wildman–Crippen MR) is 124 cm³/mol. The first kappa shape index (κ1) is 24.7. The number of benzene rings is 2. The van der Waals surface area contributed by atoms with Crippen LogP contribution in [0.25, 0.3) is 10.9 Å². The van der Waals surface area contributed by atoms with Gasteiger partial charge in [0.05, 0.1) is 35.5 Å². The van der Waals surface area contributed by atoms with Crippen LogP contribution in [0, 0.1) is 11.6 Å². The Bertz CT molecular complexity index is 1270. The van der Waals surface area contributed by atoms with Crippen LogP contribution in [0.4, 0.5) is 26.0 Å². The second-order valence-electron chi connectivity index (χ2n) is 7.55. The molecule has 0 radical (unpaired) electrons. The van der Waals surface area contributed by atoms with Crippen LogP contribution >= 0.6 is 0 Å². The molecule has 4 rings (SSSR count). The Morgan fingerprint density at radius 1 is 1.15 bits per heavy atom. The van der Waals surface area contributed by atoms with E-state index in [0.717, 1.165) is 0 Å². The van der Waals surface area contributed by atoms with Crippen LogP contribution in [0.3, 0.4) is 0 Å². The van der Waals surface area contributed by atoms with E-state index in [1.807, 2.05) is 0 Å². The van der Waals surface area contributed by atoms with Gasteiger partial charge in [-0.2, -0.15) is 4.36 Å². The molecule has 1 aromatic heterocycles. The summed E-state index contributed by atoms with van der Waals surface area (Å²) in [5.74, 6) is -0.763. The number of nitrogens with one attached hydrogen (secondary N) is 1. The minimum absolute atomic E-state index is 0. The summed E-state index contributed by atoms with van der Waals surface area (Å²) >= 11 is 0. The van der Waals surface area contributed by atoms with Gasteiger partial charge in [-0.25, -0.2) is 23.0 Å². The molecule has 0 aliphatic carbocycles. The third kappa shape index (κ3) is 5.73. The molecule has 0 amide bonds. The fourth-order valence-corrected chi connectivity index (χ4v) is 3.97. The highest BCUT2D eigenvalue weighted by molar-refractivity contribution is 7.92. The highest BCUT2D eigenvalue weighted by Crippen LogP contribution is 2.34. The topological polar surface area (TPSA) is 94.9 Å². The Kier molecular flexibility index (Phi) is 7.45. The fourth-order valence-electron chi connectivity index (χ4n) is 3.36. The van der Waals surface area contributed by atoms with E-state index < -0.39 is 27.5 Å². The van der Waals surface area contributed by atoms with Gasteiger partial charge in [-0.3, -0.25) is 0 Å². The van der Waals surface area contributed by atoms with E-state index >= 15 is 0 Å². The summed E-state index contributed by atoms with van der Waals surface area (Å²) in [5.41, 5.74) is 0.872. The number of halogens is 2. The molecule has 2 aromatic carbocycles. The molecule has 3 aromatic rings. The number of hydrogen-bond acceptors (Lipinski definition) is 8. The van der Waals surface area contributed by atoms with Gasteiger partial charge in [0.15, 0.2) is 6.10 Å². The molecule has 1 saturated heterocycles. The van der Waals surface area contributed by atoms with Gasteiger partial charge >= 0.3 is 0 Å². The van der Waals surface area contributed by atoms with E-state index in [0.29, 0.717) is 18.9 Å². The maximum Gasteiger partial charge on any atom is 0.150 e. The summed E-state index contributed by atoms with van der Waals surface area (Å²) in [6.07, 6.45) is 3.46. The molecule has 2 atom stereocenters. The third-order valence-corrected chi connectivity index (χ3v) is 5.41. The van der Waals surface area contributed by atoms with Crippen molar-refractivity contribution >= 4 is 37.8 Å².